The topological polar surface area (TPSA) is 16.1 Å². The minimum absolute atomic E-state index is 1.10. The summed E-state index contributed by atoms with van der Waals surface area (Å²) in [6, 6.07) is 4.11. The average molecular weight is 134 g/mol. The van der Waals surface area contributed by atoms with Crippen LogP contribution in [0.3, 0.4) is 0 Å². The molecular formula is C8H10N2. The molecule has 0 amide bonds. The molecule has 0 bridgehead atoms. The molecule has 1 aliphatic heterocycles. The Labute approximate surface area is 60.5 Å². The van der Waals surface area contributed by atoms with Crippen molar-refractivity contribution in [3.8, 4) is 0 Å². The predicted molar refractivity (Wildman–Crippen MR) is 41.2 cm³/mol. The molecule has 10 heavy (non-hydrogen) atoms. The fraction of sp³-hybridized carbons (Fsp3) is 0.375. The van der Waals surface area contributed by atoms with Gasteiger partial charge in [-0.2, -0.15) is 0 Å². The zero-order valence-corrected chi connectivity index (χ0v) is 6.04. The number of hydrogen-bond acceptors (Lipinski definition) is 2. The second kappa shape index (κ2) is 1.97. The number of rotatable bonds is 0. The van der Waals surface area contributed by atoms with Gasteiger partial charge in [0, 0.05) is 26.2 Å². The Balaban J connectivity index is 2.51. The van der Waals surface area contributed by atoms with Gasteiger partial charge in [0.15, 0.2) is 0 Å². The molecule has 2 heteroatoms. The Hall–Kier alpha value is -1.05. The largest absolute Gasteiger partial charge is 0.373 e. The van der Waals surface area contributed by atoms with Crippen molar-refractivity contribution < 1.29 is 0 Å². The Bertz CT molecular complexity index is 245. The monoisotopic (exact) mass is 134 g/mol. The number of anilines is 1. The van der Waals surface area contributed by atoms with E-state index in [9.17, 15) is 0 Å². The molecule has 0 saturated carbocycles. The lowest BCUT2D eigenvalue weighted by molar-refractivity contribution is 0.943. The number of nitrogens with zero attached hydrogens (tertiary/aromatic N) is 2. The highest BCUT2D eigenvalue weighted by Crippen LogP contribution is 2.22. The molecule has 0 atom stereocenters. The molecule has 1 aromatic heterocycles. The first-order valence-corrected chi connectivity index (χ1v) is 3.53. The molecule has 2 nitrogen and oxygen atoms in total. The molecule has 52 valence electrons. The van der Waals surface area contributed by atoms with E-state index in [4.69, 9.17) is 0 Å². The van der Waals surface area contributed by atoms with Crippen LogP contribution in [-0.4, -0.2) is 18.6 Å². The number of fused-ring (bicyclic) bond motifs is 1. The van der Waals surface area contributed by atoms with Crippen LogP contribution in [0, 0.1) is 0 Å². The summed E-state index contributed by atoms with van der Waals surface area (Å²) in [6.45, 7) is 1.12. The first-order chi connectivity index (χ1) is 4.88. The SMILES string of the molecule is CN1CCc2ncccc21. The first-order valence-electron chi connectivity index (χ1n) is 3.53. The summed E-state index contributed by atoms with van der Waals surface area (Å²) in [5, 5.41) is 0. The fourth-order valence-corrected chi connectivity index (χ4v) is 1.36. The molecule has 0 N–H and O–H groups in total. The smallest absolute Gasteiger partial charge is 0.0654 e. The molecule has 1 aliphatic rings. The van der Waals surface area contributed by atoms with E-state index >= 15 is 0 Å². The standard InChI is InChI=1S/C8H10N2/c1-10-6-4-7-8(10)3-2-5-9-7/h2-3,5H,4,6H2,1H3. The molecule has 2 rings (SSSR count). The number of pyridine rings is 1. The van der Waals surface area contributed by atoms with Gasteiger partial charge in [-0.15, -0.1) is 0 Å². The molecule has 0 aromatic carbocycles. The van der Waals surface area contributed by atoms with E-state index in [1.807, 2.05) is 12.3 Å². The van der Waals surface area contributed by atoms with Crippen molar-refractivity contribution in [1.82, 2.24) is 4.98 Å². The fourth-order valence-electron chi connectivity index (χ4n) is 1.36. The maximum absolute atomic E-state index is 4.27. The van der Waals surface area contributed by atoms with E-state index in [1.54, 1.807) is 0 Å². The van der Waals surface area contributed by atoms with Crippen LogP contribution in [-0.2, 0) is 6.42 Å². The average Bonchev–Trinajstić information content (AvgIpc) is 2.34. The van der Waals surface area contributed by atoms with Crippen LogP contribution in [0.25, 0.3) is 0 Å². The second-order valence-electron chi connectivity index (χ2n) is 2.64. The lowest BCUT2D eigenvalue weighted by Gasteiger charge is -2.09. The number of likely N-dealkylation sites (N-methyl/N-ethyl adjacent to an activating group) is 1. The van der Waals surface area contributed by atoms with Gasteiger partial charge in [0.25, 0.3) is 0 Å². The molecule has 0 aliphatic carbocycles. The summed E-state index contributed by atoms with van der Waals surface area (Å²) in [7, 11) is 2.10. The lowest BCUT2D eigenvalue weighted by atomic mass is 10.3. The molecule has 0 radical (unpaired) electrons. The van der Waals surface area contributed by atoms with Crippen molar-refractivity contribution >= 4 is 5.69 Å². The summed E-state index contributed by atoms with van der Waals surface area (Å²) in [6.07, 6.45) is 2.96. The maximum atomic E-state index is 4.27. The highest BCUT2D eigenvalue weighted by Gasteiger charge is 2.14. The van der Waals surface area contributed by atoms with Crippen LogP contribution < -0.4 is 4.90 Å². The van der Waals surface area contributed by atoms with Crippen LogP contribution >= 0.6 is 0 Å². The lowest BCUT2D eigenvalue weighted by Crippen LogP contribution is -2.12. The summed E-state index contributed by atoms with van der Waals surface area (Å²) < 4.78 is 0. The summed E-state index contributed by atoms with van der Waals surface area (Å²) >= 11 is 0. The third kappa shape index (κ3) is 0.685. The van der Waals surface area contributed by atoms with Gasteiger partial charge < -0.3 is 4.90 Å². The van der Waals surface area contributed by atoms with Crippen LogP contribution in [0.15, 0.2) is 18.3 Å². The zero-order valence-electron chi connectivity index (χ0n) is 6.04. The third-order valence-electron chi connectivity index (χ3n) is 1.96. The van der Waals surface area contributed by atoms with Gasteiger partial charge in [-0.05, 0) is 12.1 Å². The Morgan fingerprint density at radius 3 is 3.30 bits per heavy atom. The van der Waals surface area contributed by atoms with Crippen molar-refractivity contribution in [1.29, 1.82) is 0 Å². The minimum Gasteiger partial charge on any atom is -0.373 e. The van der Waals surface area contributed by atoms with E-state index < -0.39 is 0 Å². The van der Waals surface area contributed by atoms with Crippen molar-refractivity contribution in [2.45, 2.75) is 6.42 Å². The Morgan fingerprint density at radius 2 is 2.50 bits per heavy atom. The van der Waals surface area contributed by atoms with Crippen molar-refractivity contribution in [3.63, 3.8) is 0 Å². The van der Waals surface area contributed by atoms with E-state index in [0.717, 1.165) is 13.0 Å². The molecule has 1 aromatic rings. The summed E-state index contributed by atoms with van der Waals surface area (Å²) in [5.41, 5.74) is 2.53. The van der Waals surface area contributed by atoms with Gasteiger partial charge >= 0.3 is 0 Å². The molecule has 0 saturated heterocycles. The molecule has 0 spiro atoms. The molecule has 0 unspecified atom stereocenters. The molecule has 2 heterocycles. The van der Waals surface area contributed by atoms with E-state index in [-0.39, 0.29) is 0 Å². The predicted octanol–water partition coefficient (Wildman–Crippen LogP) is 1.07. The van der Waals surface area contributed by atoms with Gasteiger partial charge in [0.1, 0.15) is 0 Å². The molecule has 0 fully saturated rings. The summed E-state index contributed by atoms with van der Waals surface area (Å²) in [5.74, 6) is 0. The van der Waals surface area contributed by atoms with Crippen molar-refractivity contribution in [3.05, 3.63) is 24.0 Å². The van der Waals surface area contributed by atoms with Crippen molar-refractivity contribution in [2.75, 3.05) is 18.5 Å². The van der Waals surface area contributed by atoms with Crippen LogP contribution in [0.4, 0.5) is 5.69 Å². The van der Waals surface area contributed by atoms with E-state index in [0.29, 0.717) is 0 Å². The quantitative estimate of drug-likeness (QED) is 0.527. The summed E-state index contributed by atoms with van der Waals surface area (Å²) in [4.78, 5) is 6.51. The van der Waals surface area contributed by atoms with Gasteiger partial charge in [0.05, 0.1) is 11.4 Å². The Kier molecular flexibility index (Phi) is 1.13. The normalized spacial score (nSPS) is 15.5. The third-order valence-corrected chi connectivity index (χ3v) is 1.96. The minimum atomic E-state index is 1.10. The highest BCUT2D eigenvalue weighted by molar-refractivity contribution is 5.53. The number of aromatic nitrogens is 1. The number of hydrogen-bond donors (Lipinski definition) is 0. The zero-order chi connectivity index (χ0) is 6.97. The van der Waals surface area contributed by atoms with Gasteiger partial charge in [-0.25, -0.2) is 0 Å². The van der Waals surface area contributed by atoms with Crippen molar-refractivity contribution in [2.24, 2.45) is 0 Å². The second-order valence-corrected chi connectivity index (χ2v) is 2.64. The van der Waals surface area contributed by atoms with E-state index in [2.05, 4.69) is 23.0 Å². The van der Waals surface area contributed by atoms with Crippen LogP contribution in [0.1, 0.15) is 5.69 Å². The van der Waals surface area contributed by atoms with Crippen LogP contribution in [0.2, 0.25) is 0 Å². The van der Waals surface area contributed by atoms with Gasteiger partial charge in [-0.1, -0.05) is 0 Å². The molecular weight excluding hydrogens is 124 g/mol. The van der Waals surface area contributed by atoms with Gasteiger partial charge in [0.2, 0.25) is 0 Å². The maximum Gasteiger partial charge on any atom is 0.0654 e. The Morgan fingerprint density at radius 1 is 1.60 bits per heavy atom. The van der Waals surface area contributed by atoms with Crippen LogP contribution in [0.5, 0.6) is 0 Å². The highest BCUT2D eigenvalue weighted by atomic mass is 15.1. The van der Waals surface area contributed by atoms with Gasteiger partial charge in [-0.3, -0.25) is 4.98 Å². The van der Waals surface area contributed by atoms with E-state index in [1.165, 1.54) is 11.4 Å². The first kappa shape index (κ1) is 5.71.